The highest BCUT2D eigenvalue weighted by Gasteiger charge is 2.17. The first kappa shape index (κ1) is 13.0. The van der Waals surface area contributed by atoms with E-state index in [4.69, 9.17) is 0 Å². The van der Waals surface area contributed by atoms with E-state index in [1.165, 1.54) is 11.1 Å². The molecular weight excluding hydrogens is 196 g/mol. The lowest BCUT2D eigenvalue weighted by molar-refractivity contribution is -0.116. The number of aryl methyl sites for hydroxylation is 1. The summed E-state index contributed by atoms with van der Waals surface area (Å²) >= 11 is 0. The Labute approximate surface area is 98.9 Å². The Morgan fingerprint density at radius 2 is 1.75 bits per heavy atom. The summed E-state index contributed by atoms with van der Waals surface area (Å²) in [5.41, 5.74) is 2.88. The van der Waals surface area contributed by atoms with Gasteiger partial charge in [-0.3, -0.25) is 0 Å². The molecule has 0 amide bonds. The van der Waals surface area contributed by atoms with Crippen LogP contribution in [-0.4, -0.2) is 5.78 Å². The zero-order valence-electron chi connectivity index (χ0n) is 10.8. The molecule has 0 radical (unpaired) electrons. The Morgan fingerprint density at radius 3 is 2.19 bits per heavy atom. The second-order valence-electron chi connectivity index (χ2n) is 5.14. The highest BCUT2D eigenvalue weighted by Crippen LogP contribution is 2.26. The number of ketones is 1. The molecule has 0 saturated heterocycles. The second-order valence-corrected chi connectivity index (χ2v) is 5.14. The van der Waals surface area contributed by atoms with Crippen LogP contribution in [0, 0.1) is 0 Å². The molecule has 88 valence electrons. The summed E-state index contributed by atoms with van der Waals surface area (Å²) < 4.78 is 0. The molecule has 0 unspecified atom stereocenters. The van der Waals surface area contributed by atoms with Crippen LogP contribution < -0.4 is 0 Å². The van der Waals surface area contributed by atoms with Gasteiger partial charge in [-0.25, -0.2) is 0 Å². The van der Waals surface area contributed by atoms with Gasteiger partial charge < -0.3 is 4.79 Å². The van der Waals surface area contributed by atoms with Crippen molar-refractivity contribution in [3.05, 3.63) is 35.4 Å². The molecule has 0 atom stereocenters. The van der Waals surface area contributed by atoms with Gasteiger partial charge in [0.1, 0.15) is 5.78 Å². The largest absolute Gasteiger partial charge is 0.300 e. The van der Waals surface area contributed by atoms with Gasteiger partial charge in [0.2, 0.25) is 0 Å². The monoisotopic (exact) mass is 218 g/mol. The fraction of sp³-hybridized carbons (Fsp3) is 0.533. The molecule has 1 aromatic rings. The van der Waals surface area contributed by atoms with Crippen molar-refractivity contribution >= 4 is 5.78 Å². The molecule has 0 aliphatic heterocycles. The van der Waals surface area contributed by atoms with Crippen LogP contribution in [0.1, 0.15) is 51.7 Å². The van der Waals surface area contributed by atoms with E-state index >= 15 is 0 Å². The fourth-order valence-electron chi connectivity index (χ4n) is 1.65. The molecule has 1 aromatic carbocycles. The van der Waals surface area contributed by atoms with Crippen molar-refractivity contribution in [1.82, 2.24) is 0 Å². The van der Waals surface area contributed by atoms with Crippen LogP contribution in [0.3, 0.4) is 0 Å². The molecule has 1 nitrogen and oxygen atoms in total. The van der Waals surface area contributed by atoms with Crippen molar-refractivity contribution in [3.8, 4) is 0 Å². The van der Waals surface area contributed by atoms with Gasteiger partial charge in [0.05, 0.1) is 0 Å². The third kappa shape index (κ3) is 3.48. The number of rotatable bonds is 5. The van der Waals surface area contributed by atoms with E-state index in [0.29, 0.717) is 6.42 Å². The molecule has 0 spiro atoms. The van der Waals surface area contributed by atoms with Gasteiger partial charge in [-0.05, 0) is 36.3 Å². The van der Waals surface area contributed by atoms with Crippen molar-refractivity contribution in [1.29, 1.82) is 0 Å². The number of Topliss-reactive ketones (excluding diaryl/α,β-unsaturated/α-hetero) is 1. The average Bonchev–Trinajstić information content (AvgIpc) is 2.27. The van der Waals surface area contributed by atoms with Crippen LogP contribution in [-0.2, 0) is 16.6 Å². The zero-order chi connectivity index (χ0) is 12.2. The maximum Gasteiger partial charge on any atom is 0.130 e. The van der Waals surface area contributed by atoms with Gasteiger partial charge in [0, 0.05) is 6.42 Å². The number of hydrogen-bond acceptors (Lipinski definition) is 1. The van der Waals surface area contributed by atoms with Gasteiger partial charge in [0.25, 0.3) is 0 Å². The molecule has 0 fully saturated rings. The Bertz CT molecular complexity index is 346. The number of carbonyl (C=O) groups is 1. The summed E-state index contributed by atoms with van der Waals surface area (Å²) in [6, 6.07) is 8.68. The third-order valence-electron chi connectivity index (χ3n) is 3.39. The van der Waals surface area contributed by atoms with Crippen LogP contribution >= 0.6 is 0 Å². The van der Waals surface area contributed by atoms with Crippen molar-refractivity contribution < 1.29 is 4.79 Å². The first-order valence-corrected chi connectivity index (χ1v) is 6.04. The molecule has 0 heterocycles. The molecule has 0 aliphatic rings. The summed E-state index contributed by atoms with van der Waals surface area (Å²) in [6.45, 7) is 8.38. The maximum atomic E-state index is 10.9. The predicted octanol–water partition coefficient (Wildman–Crippen LogP) is 3.90. The van der Waals surface area contributed by atoms with Gasteiger partial charge in [-0.1, -0.05) is 45.0 Å². The Kier molecular flexibility index (Phi) is 4.28. The van der Waals surface area contributed by atoms with E-state index in [9.17, 15) is 4.79 Å². The standard InChI is InChI=1S/C15H22O/c1-5-15(3,4)14-10-8-13(9-11-14)7-6-12(2)16/h8-11H,5-7H2,1-4H3. The lowest BCUT2D eigenvalue weighted by atomic mass is 9.82. The smallest absolute Gasteiger partial charge is 0.130 e. The minimum Gasteiger partial charge on any atom is -0.300 e. The summed E-state index contributed by atoms with van der Waals surface area (Å²) in [5, 5.41) is 0. The average molecular weight is 218 g/mol. The summed E-state index contributed by atoms with van der Waals surface area (Å²) in [4.78, 5) is 10.9. The van der Waals surface area contributed by atoms with E-state index < -0.39 is 0 Å². The predicted molar refractivity (Wildman–Crippen MR) is 68.8 cm³/mol. The molecule has 0 bridgehead atoms. The quantitative estimate of drug-likeness (QED) is 0.732. The second kappa shape index (κ2) is 5.29. The van der Waals surface area contributed by atoms with Crippen LogP contribution in [0.15, 0.2) is 24.3 Å². The molecule has 1 rings (SSSR count). The molecule has 0 saturated carbocycles. The topological polar surface area (TPSA) is 17.1 Å². The van der Waals surface area contributed by atoms with Crippen molar-refractivity contribution in [3.63, 3.8) is 0 Å². The van der Waals surface area contributed by atoms with E-state index in [2.05, 4.69) is 45.0 Å². The molecule has 0 aliphatic carbocycles. The minimum atomic E-state index is 0.249. The normalized spacial score (nSPS) is 11.5. The Hall–Kier alpha value is -1.11. The van der Waals surface area contributed by atoms with Gasteiger partial charge in [-0.15, -0.1) is 0 Å². The molecule has 1 heteroatoms. The van der Waals surface area contributed by atoms with Crippen LogP contribution in [0.25, 0.3) is 0 Å². The summed E-state index contributed by atoms with van der Waals surface area (Å²) in [7, 11) is 0. The lowest BCUT2D eigenvalue weighted by Gasteiger charge is -2.23. The molecule has 0 aromatic heterocycles. The zero-order valence-corrected chi connectivity index (χ0v) is 10.8. The summed E-state index contributed by atoms with van der Waals surface area (Å²) in [5.74, 6) is 0.262. The van der Waals surface area contributed by atoms with Gasteiger partial charge in [0.15, 0.2) is 0 Å². The SMILES string of the molecule is CCC(C)(C)c1ccc(CCC(C)=O)cc1. The first-order valence-electron chi connectivity index (χ1n) is 6.04. The fourth-order valence-corrected chi connectivity index (χ4v) is 1.65. The van der Waals surface area contributed by atoms with Crippen molar-refractivity contribution in [2.24, 2.45) is 0 Å². The van der Waals surface area contributed by atoms with E-state index in [1.807, 2.05) is 0 Å². The number of benzene rings is 1. The third-order valence-corrected chi connectivity index (χ3v) is 3.39. The number of carbonyl (C=O) groups excluding carboxylic acids is 1. The maximum absolute atomic E-state index is 10.9. The molecular formula is C15H22O. The minimum absolute atomic E-state index is 0.249. The van der Waals surface area contributed by atoms with Crippen molar-refractivity contribution in [2.75, 3.05) is 0 Å². The Morgan fingerprint density at radius 1 is 1.19 bits per heavy atom. The van der Waals surface area contributed by atoms with Crippen LogP contribution in [0.5, 0.6) is 0 Å². The van der Waals surface area contributed by atoms with Gasteiger partial charge in [-0.2, -0.15) is 0 Å². The van der Waals surface area contributed by atoms with E-state index in [0.717, 1.165) is 12.8 Å². The number of hydrogen-bond donors (Lipinski definition) is 0. The highest BCUT2D eigenvalue weighted by atomic mass is 16.1. The van der Waals surface area contributed by atoms with Crippen LogP contribution in [0.4, 0.5) is 0 Å². The molecule has 16 heavy (non-hydrogen) atoms. The van der Waals surface area contributed by atoms with E-state index in [1.54, 1.807) is 6.92 Å². The first-order chi connectivity index (χ1) is 7.45. The Balaban J connectivity index is 2.71. The van der Waals surface area contributed by atoms with Crippen molar-refractivity contribution in [2.45, 2.75) is 52.4 Å². The summed E-state index contributed by atoms with van der Waals surface area (Å²) in [6.07, 6.45) is 2.65. The lowest BCUT2D eigenvalue weighted by Crippen LogP contribution is -2.15. The molecule has 0 N–H and O–H groups in total. The highest BCUT2D eigenvalue weighted by molar-refractivity contribution is 5.75. The van der Waals surface area contributed by atoms with Gasteiger partial charge >= 0.3 is 0 Å². The van der Waals surface area contributed by atoms with E-state index in [-0.39, 0.29) is 11.2 Å². The van der Waals surface area contributed by atoms with Crippen LogP contribution in [0.2, 0.25) is 0 Å².